The summed E-state index contributed by atoms with van der Waals surface area (Å²) in [5.74, 6) is 0.0360. The summed E-state index contributed by atoms with van der Waals surface area (Å²) in [5.41, 5.74) is 0. The number of rotatable bonds is 5. The molecule has 0 aromatic heterocycles. The SMILES string of the molecule is CCNC(=O)C(C(C)C)N(C)C=O. The van der Waals surface area contributed by atoms with Crippen LogP contribution < -0.4 is 5.32 Å². The molecule has 0 aliphatic heterocycles. The van der Waals surface area contributed by atoms with E-state index in [0.29, 0.717) is 13.0 Å². The van der Waals surface area contributed by atoms with E-state index in [0.717, 1.165) is 0 Å². The molecule has 0 bridgehead atoms. The third-order valence-electron chi connectivity index (χ3n) is 1.86. The minimum absolute atomic E-state index is 0.0906. The van der Waals surface area contributed by atoms with E-state index in [1.807, 2.05) is 20.8 Å². The highest BCUT2D eigenvalue weighted by Crippen LogP contribution is 2.07. The van der Waals surface area contributed by atoms with Crippen LogP contribution in [0.3, 0.4) is 0 Å². The number of hydrogen-bond donors (Lipinski definition) is 1. The lowest BCUT2D eigenvalue weighted by molar-refractivity contribution is -0.133. The first kappa shape index (κ1) is 11.9. The molecule has 0 saturated carbocycles. The van der Waals surface area contributed by atoms with Gasteiger partial charge in [0.1, 0.15) is 6.04 Å². The molecule has 0 heterocycles. The fourth-order valence-electron chi connectivity index (χ4n) is 1.30. The average molecular weight is 186 g/mol. The summed E-state index contributed by atoms with van der Waals surface area (Å²) in [4.78, 5) is 23.4. The maximum Gasteiger partial charge on any atom is 0.243 e. The van der Waals surface area contributed by atoms with E-state index < -0.39 is 0 Å². The third-order valence-corrected chi connectivity index (χ3v) is 1.86. The monoisotopic (exact) mass is 186 g/mol. The van der Waals surface area contributed by atoms with Crippen LogP contribution in [0.25, 0.3) is 0 Å². The minimum atomic E-state index is -0.363. The molecule has 0 saturated heterocycles. The minimum Gasteiger partial charge on any atom is -0.355 e. The largest absolute Gasteiger partial charge is 0.355 e. The van der Waals surface area contributed by atoms with E-state index in [1.165, 1.54) is 4.90 Å². The second kappa shape index (κ2) is 5.56. The van der Waals surface area contributed by atoms with Gasteiger partial charge in [-0.05, 0) is 12.8 Å². The summed E-state index contributed by atoms with van der Waals surface area (Å²) in [6.45, 7) is 6.28. The van der Waals surface area contributed by atoms with Gasteiger partial charge in [0.2, 0.25) is 12.3 Å². The van der Waals surface area contributed by atoms with E-state index in [2.05, 4.69) is 5.32 Å². The van der Waals surface area contributed by atoms with Gasteiger partial charge < -0.3 is 10.2 Å². The topological polar surface area (TPSA) is 49.4 Å². The van der Waals surface area contributed by atoms with Crippen molar-refractivity contribution in [2.75, 3.05) is 13.6 Å². The zero-order chi connectivity index (χ0) is 10.4. The molecule has 4 nitrogen and oxygen atoms in total. The van der Waals surface area contributed by atoms with Crippen molar-refractivity contribution in [3.63, 3.8) is 0 Å². The summed E-state index contributed by atoms with van der Waals surface area (Å²) < 4.78 is 0. The molecule has 2 amide bonds. The number of carbonyl (C=O) groups is 2. The van der Waals surface area contributed by atoms with Gasteiger partial charge in [-0.3, -0.25) is 9.59 Å². The van der Waals surface area contributed by atoms with Crippen LogP contribution in [0.2, 0.25) is 0 Å². The van der Waals surface area contributed by atoms with Gasteiger partial charge in [0.25, 0.3) is 0 Å². The van der Waals surface area contributed by atoms with Crippen molar-refractivity contribution in [1.29, 1.82) is 0 Å². The summed E-state index contributed by atoms with van der Waals surface area (Å²) in [5, 5.41) is 2.70. The highest BCUT2D eigenvalue weighted by molar-refractivity contribution is 5.83. The molecule has 0 aliphatic carbocycles. The lowest BCUT2D eigenvalue weighted by Gasteiger charge is -2.26. The van der Waals surface area contributed by atoms with Gasteiger partial charge in [-0.25, -0.2) is 0 Å². The Bertz CT molecular complexity index is 180. The second-order valence-corrected chi connectivity index (χ2v) is 3.35. The predicted octanol–water partition coefficient (Wildman–Crippen LogP) is 0.235. The number of nitrogens with one attached hydrogen (secondary N) is 1. The molecule has 0 aromatic carbocycles. The third kappa shape index (κ3) is 3.44. The number of nitrogens with zero attached hydrogens (tertiary/aromatic N) is 1. The van der Waals surface area contributed by atoms with Crippen molar-refractivity contribution < 1.29 is 9.59 Å². The Morgan fingerprint density at radius 1 is 1.54 bits per heavy atom. The molecule has 1 unspecified atom stereocenters. The first-order chi connectivity index (χ1) is 6.04. The molecule has 0 radical (unpaired) electrons. The summed E-state index contributed by atoms with van der Waals surface area (Å²) in [7, 11) is 1.62. The van der Waals surface area contributed by atoms with Gasteiger partial charge in [-0.1, -0.05) is 13.8 Å². The van der Waals surface area contributed by atoms with Crippen LogP contribution in [0.1, 0.15) is 20.8 Å². The number of amides is 2. The summed E-state index contributed by atoms with van der Waals surface area (Å²) in [6.07, 6.45) is 0.680. The molecule has 1 atom stereocenters. The second-order valence-electron chi connectivity index (χ2n) is 3.35. The maximum absolute atomic E-state index is 11.5. The fraction of sp³-hybridized carbons (Fsp3) is 0.778. The molecule has 0 aromatic rings. The quantitative estimate of drug-likeness (QED) is 0.625. The van der Waals surface area contributed by atoms with Crippen LogP contribution in [0, 0.1) is 5.92 Å². The normalized spacial score (nSPS) is 12.4. The van der Waals surface area contributed by atoms with Crippen molar-refractivity contribution in [3.8, 4) is 0 Å². The van der Waals surface area contributed by atoms with Crippen LogP contribution in [0.15, 0.2) is 0 Å². The highest BCUT2D eigenvalue weighted by Gasteiger charge is 2.24. The number of hydrogen-bond acceptors (Lipinski definition) is 2. The van der Waals surface area contributed by atoms with E-state index in [4.69, 9.17) is 0 Å². The Hall–Kier alpha value is -1.06. The van der Waals surface area contributed by atoms with Gasteiger partial charge in [0, 0.05) is 13.6 Å². The molecule has 4 heteroatoms. The maximum atomic E-state index is 11.5. The summed E-state index contributed by atoms with van der Waals surface area (Å²) in [6, 6.07) is -0.363. The van der Waals surface area contributed by atoms with Crippen LogP contribution >= 0.6 is 0 Å². The van der Waals surface area contributed by atoms with Gasteiger partial charge in [0.15, 0.2) is 0 Å². The lowest BCUT2D eigenvalue weighted by atomic mass is 10.0. The molecule has 13 heavy (non-hydrogen) atoms. The Morgan fingerprint density at radius 2 is 2.08 bits per heavy atom. The predicted molar refractivity (Wildman–Crippen MR) is 51.1 cm³/mol. The van der Waals surface area contributed by atoms with E-state index >= 15 is 0 Å². The number of likely N-dealkylation sites (N-methyl/N-ethyl adjacent to an activating group) is 2. The zero-order valence-corrected chi connectivity index (χ0v) is 8.70. The Morgan fingerprint density at radius 3 is 2.38 bits per heavy atom. The van der Waals surface area contributed by atoms with Crippen molar-refractivity contribution in [2.45, 2.75) is 26.8 Å². The standard InChI is InChI=1S/C9H18N2O2/c1-5-10-9(13)8(7(2)3)11(4)6-12/h6-8H,5H2,1-4H3,(H,10,13). The summed E-state index contributed by atoms with van der Waals surface area (Å²) >= 11 is 0. The van der Waals surface area contributed by atoms with Gasteiger partial charge >= 0.3 is 0 Å². The van der Waals surface area contributed by atoms with Crippen molar-refractivity contribution in [1.82, 2.24) is 10.2 Å². The van der Waals surface area contributed by atoms with Crippen LogP contribution in [0.5, 0.6) is 0 Å². The molecule has 76 valence electrons. The smallest absolute Gasteiger partial charge is 0.243 e. The Labute approximate surface area is 79.3 Å². The molecule has 0 fully saturated rings. The molecular formula is C9H18N2O2. The fourth-order valence-corrected chi connectivity index (χ4v) is 1.30. The van der Waals surface area contributed by atoms with E-state index in [-0.39, 0.29) is 17.9 Å². The number of carbonyl (C=O) groups excluding carboxylic acids is 2. The van der Waals surface area contributed by atoms with Crippen LogP contribution in [-0.2, 0) is 9.59 Å². The molecule has 0 aliphatic rings. The Balaban J connectivity index is 4.40. The van der Waals surface area contributed by atoms with Crippen molar-refractivity contribution in [3.05, 3.63) is 0 Å². The Kier molecular flexibility index (Phi) is 5.11. The van der Waals surface area contributed by atoms with E-state index in [9.17, 15) is 9.59 Å². The average Bonchev–Trinajstić information content (AvgIpc) is 2.04. The molecule has 0 spiro atoms. The van der Waals surface area contributed by atoms with Gasteiger partial charge in [-0.15, -0.1) is 0 Å². The van der Waals surface area contributed by atoms with Crippen LogP contribution in [0.4, 0.5) is 0 Å². The van der Waals surface area contributed by atoms with Crippen molar-refractivity contribution in [2.24, 2.45) is 5.92 Å². The molecule has 1 N–H and O–H groups in total. The van der Waals surface area contributed by atoms with Gasteiger partial charge in [0.05, 0.1) is 0 Å². The highest BCUT2D eigenvalue weighted by atomic mass is 16.2. The van der Waals surface area contributed by atoms with E-state index in [1.54, 1.807) is 7.05 Å². The van der Waals surface area contributed by atoms with Crippen LogP contribution in [-0.4, -0.2) is 36.9 Å². The zero-order valence-electron chi connectivity index (χ0n) is 8.70. The van der Waals surface area contributed by atoms with Gasteiger partial charge in [-0.2, -0.15) is 0 Å². The lowest BCUT2D eigenvalue weighted by Crippen LogP contribution is -2.47. The molecular weight excluding hydrogens is 168 g/mol. The van der Waals surface area contributed by atoms with Crippen molar-refractivity contribution >= 4 is 12.3 Å². The first-order valence-corrected chi connectivity index (χ1v) is 4.49. The first-order valence-electron chi connectivity index (χ1n) is 4.49. The molecule has 0 rings (SSSR count).